The molecule has 0 saturated heterocycles. The second kappa shape index (κ2) is 36.2. The third-order valence-electron chi connectivity index (χ3n) is 11.5. The molecule has 0 heterocycles. The van der Waals surface area contributed by atoms with E-state index < -0.39 is 75.2 Å². The predicted octanol–water partition coefficient (Wildman–Crippen LogP) is 7.98. The first kappa shape index (κ1) is 56.8. The summed E-state index contributed by atoms with van der Waals surface area (Å²) in [5, 5.41) is 74.3. The van der Waals surface area contributed by atoms with E-state index in [9.17, 15) is 50.0 Å². The van der Waals surface area contributed by atoms with Gasteiger partial charge in [0.15, 0.2) is 0 Å². The molecule has 1 aliphatic carbocycles. The number of carbonyl (C=O) groups excluding carboxylic acids is 1. The van der Waals surface area contributed by atoms with E-state index in [0.29, 0.717) is 12.8 Å². The summed E-state index contributed by atoms with van der Waals surface area (Å²) in [5.74, 6) is -0.603. The largest absolute Gasteiger partial charge is 0.472 e. The number of hydrogen-bond acceptors (Lipinski definition) is 11. The van der Waals surface area contributed by atoms with E-state index in [1.807, 2.05) is 0 Å². The molecule has 0 aromatic rings. The van der Waals surface area contributed by atoms with Gasteiger partial charge in [-0.2, -0.15) is 0 Å². The maximum atomic E-state index is 12.9. The number of aliphatic hydroxyl groups excluding tert-OH is 7. The molecule has 0 aliphatic heterocycles. The number of phosphoric ester groups is 1. The highest BCUT2D eigenvalue weighted by Gasteiger charge is 2.51. The number of rotatable bonds is 39. The van der Waals surface area contributed by atoms with Gasteiger partial charge in [-0.05, 0) is 38.5 Å². The number of allylic oxidation sites excluding steroid dienone is 3. The number of aliphatic hydroxyl groups is 7. The Morgan fingerprint density at radius 1 is 0.583 bits per heavy atom. The van der Waals surface area contributed by atoms with Gasteiger partial charge in [-0.15, -0.1) is 0 Å². The van der Waals surface area contributed by atoms with Gasteiger partial charge in [0.2, 0.25) is 5.91 Å². The summed E-state index contributed by atoms with van der Waals surface area (Å²) in [7, 11) is -5.14. The van der Waals surface area contributed by atoms with Gasteiger partial charge in [0.1, 0.15) is 36.6 Å². The zero-order valence-electron chi connectivity index (χ0n) is 37.4. The number of unbranched alkanes of at least 4 members (excludes halogenated alkanes) is 24. The van der Waals surface area contributed by atoms with Crippen molar-refractivity contribution < 1.29 is 59.0 Å². The Hall–Kier alpha value is -1.22. The molecule has 14 heteroatoms. The van der Waals surface area contributed by atoms with Crippen molar-refractivity contribution in [2.45, 2.75) is 255 Å². The van der Waals surface area contributed by atoms with Crippen LogP contribution < -0.4 is 5.32 Å². The fourth-order valence-corrected chi connectivity index (χ4v) is 8.54. The van der Waals surface area contributed by atoms with Crippen molar-refractivity contribution in [3.63, 3.8) is 0 Å². The predicted molar refractivity (Wildman–Crippen MR) is 238 cm³/mol. The molecule has 0 aromatic carbocycles. The third kappa shape index (κ3) is 27.8. The van der Waals surface area contributed by atoms with Crippen molar-refractivity contribution >= 4 is 13.7 Å². The van der Waals surface area contributed by atoms with Crippen LogP contribution in [0.4, 0.5) is 0 Å². The maximum Gasteiger partial charge on any atom is 0.472 e. The molecular formula is C46H88NO12P. The Labute approximate surface area is 363 Å². The topological polar surface area (TPSA) is 226 Å². The van der Waals surface area contributed by atoms with Crippen LogP contribution in [0.3, 0.4) is 0 Å². The Morgan fingerprint density at radius 2 is 0.983 bits per heavy atom. The van der Waals surface area contributed by atoms with E-state index in [1.54, 1.807) is 6.08 Å². The maximum absolute atomic E-state index is 12.9. The van der Waals surface area contributed by atoms with Gasteiger partial charge in [-0.1, -0.05) is 179 Å². The van der Waals surface area contributed by atoms with Crippen LogP contribution in [-0.2, 0) is 18.4 Å². The Kier molecular flexibility index (Phi) is 34.2. The van der Waals surface area contributed by atoms with Crippen LogP contribution >= 0.6 is 7.82 Å². The molecule has 9 N–H and O–H groups in total. The quantitative estimate of drug-likeness (QED) is 0.0163. The lowest BCUT2D eigenvalue weighted by atomic mass is 9.85. The molecule has 0 spiro atoms. The summed E-state index contributed by atoms with van der Waals surface area (Å²) < 4.78 is 22.8. The molecule has 1 amide bonds. The van der Waals surface area contributed by atoms with E-state index in [0.717, 1.165) is 57.8 Å². The molecular weight excluding hydrogens is 789 g/mol. The first-order valence-electron chi connectivity index (χ1n) is 23.9. The summed E-state index contributed by atoms with van der Waals surface area (Å²) in [6.07, 6.45) is 25.7. The second-order valence-corrected chi connectivity index (χ2v) is 18.5. The summed E-state index contributed by atoms with van der Waals surface area (Å²) in [5.41, 5.74) is 0. The molecule has 0 bridgehead atoms. The lowest BCUT2D eigenvalue weighted by molar-refractivity contribution is -0.220. The highest BCUT2D eigenvalue weighted by molar-refractivity contribution is 7.47. The van der Waals surface area contributed by atoms with E-state index in [1.165, 1.54) is 115 Å². The van der Waals surface area contributed by atoms with Gasteiger partial charge >= 0.3 is 7.82 Å². The molecule has 1 fully saturated rings. The second-order valence-electron chi connectivity index (χ2n) is 17.1. The zero-order chi connectivity index (χ0) is 44.4. The van der Waals surface area contributed by atoms with Crippen LogP contribution in [0.15, 0.2) is 24.3 Å². The fraction of sp³-hybridized carbons (Fsp3) is 0.891. The van der Waals surface area contributed by atoms with E-state index in [2.05, 4.69) is 31.3 Å². The molecule has 1 rings (SSSR count). The molecule has 0 radical (unpaired) electrons. The Bertz CT molecular complexity index is 1130. The summed E-state index contributed by atoms with van der Waals surface area (Å²) >= 11 is 0. The SMILES string of the molecule is CCCC/C=C\CCCCCC(O)CC(=O)NC(COP(=O)(O)OC1C(O)C(O)C(O)C(O)C1O)C(O)/C=C/CCCCCCCCCCCCCCCCCCCCC. The number of phosphoric acid groups is 1. The van der Waals surface area contributed by atoms with Crippen molar-refractivity contribution in [3.05, 3.63) is 24.3 Å². The van der Waals surface area contributed by atoms with Gasteiger partial charge in [0.05, 0.1) is 31.3 Å². The van der Waals surface area contributed by atoms with Crippen LogP contribution in [0.2, 0.25) is 0 Å². The monoisotopic (exact) mass is 878 g/mol. The molecule has 1 aliphatic rings. The molecule has 8 unspecified atom stereocenters. The summed E-state index contributed by atoms with van der Waals surface area (Å²) in [6, 6.07) is -1.24. The standard InChI is InChI=1S/C46H88NO12P/c1-3-5-7-9-11-13-14-15-16-17-18-19-20-21-22-23-24-26-28-30-32-34-39(49)38(47-40(50)35-37(48)33-31-29-27-25-12-10-8-6-4-2)36-58-60(56,57)59-46-44(54)42(52)41(51)43(53)45(46)55/h10,12,32,34,37-39,41-46,48-49,51-55H,3-9,11,13-31,33,35-36H2,1-2H3,(H,47,50)(H,56,57)/b12-10-,34-32+. The third-order valence-corrected chi connectivity index (χ3v) is 12.5. The Morgan fingerprint density at radius 3 is 1.47 bits per heavy atom. The van der Waals surface area contributed by atoms with Gasteiger partial charge < -0.3 is 46.0 Å². The minimum Gasteiger partial charge on any atom is -0.393 e. The molecule has 60 heavy (non-hydrogen) atoms. The fourth-order valence-electron chi connectivity index (χ4n) is 7.57. The molecule has 8 atom stereocenters. The minimum absolute atomic E-state index is 0.255. The van der Waals surface area contributed by atoms with Crippen molar-refractivity contribution in [2.75, 3.05) is 6.61 Å². The van der Waals surface area contributed by atoms with Crippen LogP contribution in [-0.4, -0.2) is 108 Å². The van der Waals surface area contributed by atoms with Crippen LogP contribution in [0, 0.1) is 0 Å². The summed E-state index contributed by atoms with van der Waals surface area (Å²) in [6.45, 7) is 3.68. The number of hydrogen-bond donors (Lipinski definition) is 9. The van der Waals surface area contributed by atoms with Crippen molar-refractivity contribution in [2.24, 2.45) is 0 Å². The average Bonchev–Trinajstić information content (AvgIpc) is 3.22. The molecule has 1 saturated carbocycles. The molecule has 13 nitrogen and oxygen atoms in total. The average molecular weight is 878 g/mol. The normalized spacial score (nSPS) is 23.6. The molecule has 354 valence electrons. The first-order valence-corrected chi connectivity index (χ1v) is 25.4. The number of carbonyl (C=O) groups is 1. The number of nitrogens with one attached hydrogen (secondary N) is 1. The smallest absolute Gasteiger partial charge is 0.393 e. The van der Waals surface area contributed by atoms with E-state index in [-0.39, 0.29) is 6.42 Å². The van der Waals surface area contributed by atoms with E-state index in [4.69, 9.17) is 9.05 Å². The zero-order valence-corrected chi connectivity index (χ0v) is 38.3. The molecule has 0 aromatic heterocycles. The van der Waals surface area contributed by atoms with Gasteiger partial charge in [-0.25, -0.2) is 4.57 Å². The first-order chi connectivity index (χ1) is 28.8. The van der Waals surface area contributed by atoms with E-state index >= 15 is 0 Å². The lowest BCUT2D eigenvalue weighted by Gasteiger charge is -2.41. The lowest BCUT2D eigenvalue weighted by Crippen LogP contribution is -2.64. The van der Waals surface area contributed by atoms with Crippen LogP contribution in [0.25, 0.3) is 0 Å². The highest BCUT2D eigenvalue weighted by atomic mass is 31.2. The van der Waals surface area contributed by atoms with Crippen molar-refractivity contribution in [1.82, 2.24) is 5.32 Å². The Balaban J connectivity index is 2.50. The number of amides is 1. The summed E-state index contributed by atoms with van der Waals surface area (Å²) in [4.78, 5) is 23.4. The highest BCUT2D eigenvalue weighted by Crippen LogP contribution is 2.47. The van der Waals surface area contributed by atoms with Gasteiger partial charge in [0.25, 0.3) is 0 Å². The van der Waals surface area contributed by atoms with Gasteiger partial charge in [-0.3, -0.25) is 13.8 Å². The van der Waals surface area contributed by atoms with Crippen LogP contribution in [0.5, 0.6) is 0 Å². The minimum atomic E-state index is -5.14. The van der Waals surface area contributed by atoms with Crippen LogP contribution in [0.1, 0.15) is 200 Å². The van der Waals surface area contributed by atoms with Crippen molar-refractivity contribution in [3.8, 4) is 0 Å². The van der Waals surface area contributed by atoms with Gasteiger partial charge in [0, 0.05) is 0 Å². The van der Waals surface area contributed by atoms with Crippen molar-refractivity contribution in [1.29, 1.82) is 0 Å².